The molecule has 32 heavy (non-hydrogen) atoms. The van der Waals surface area contributed by atoms with Crippen molar-refractivity contribution in [3.63, 3.8) is 0 Å². The maximum Gasteiger partial charge on any atom is 1.00 e. The maximum absolute atomic E-state index is 9.28. The van der Waals surface area contributed by atoms with Gasteiger partial charge in [0.2, 0.25) is 0 Å². The van der Waals surface area contributed by atoms with Crippen molar-refractivity contribution >= 4 is 29.7 Å². The van der Waals surface area contributed by atoms with E-state index >= 15 is 0 Å². The van der Waals surface area contributed by atoms with Crippen LogP contribution >= 0.6 is 0 Å². The van der Waals surface area contributed by atoms with E-state index in [0.29, 0.717) is 4.09 Å². The summed E-state index contributed by atoms with van der Waals surface area (Å²) in [6.45, 7) is 7.10. The zero-order valence-corrected chi connectivity index (χ0v) is 26.6. The normalized spacial score (nSPS) is 10.4. The van der Waals surface area contributed by atoms with Crippen molar-refractivity contribution in [3.8, 4) is 0 Å². The van der Waals surface area contributed by atoms with Gasteiger partial charge in [0.15, 0.2) is 0 Å². The Morgan fingerprint density at radius 3 is 1.06 bits per heavy atom. The molecule has 0 unspecified atom stereocenters. The molecule has 0 spiro atoms. The van der Waals surface area contributed by atoms with Gasteiger partial charge in [-0.1, -0.05) is 0 Å². The molecule has 0 fully saturated rings. The van der Waals surface area contributed by atoms with Crippen LogP contribution in [0, 0.1) is 0 Å². The van der Waals surface area contributed by atoms with Gasteiger partial charge in [-0.05, 0) is 0 Å². The smallest absolute Gasteiger partial charge is 1.00 e. The summed E-state index contributed by atoms with van der Waals surface area (Å²) < 4.78 is 0.588. The molecule has 0 aliphatic heterocycles. The topological polar surface area (TPSA) is 80.3 Å². The number of carboxylic acid groups (broad SMARTS) is 2. The van der Waals surface area contributed by atoms with Gasteiger partial charge in [0.25, 0.3) is 0 Å². The van der Waals surface area contributed by atoms with Crippen LogP contribution in [0.25, 0.3) is 0 Å². The summed E-state index contributed by atoms with van der Waals surface area (Å²) >= 11 is 2.50. The summed E-state index contributed by atoms with van der Waals surface area (Å²) in [4.78, 5) is 18.6. The third-order valence-electron chi connectivity index (χ3n) is 5.70. The molecule has 0 radical (unpaired) electrons. The summed E-state index contributed by atoms with van der Waals surface area (Å²) in [6.07, 6.45) is 25.0. The Labute approximate surface area is 253 Å². The zero-order chi connectivity index (χ0) is 23.1. The number of carbonyl (C=O) groups excluding carboxylic acids is 2. The van der Waals surface area contributed by atoms with E-state index in [1.807, 2.05) is 0 Å². The van der Waals surface area contributed by atoms with Crippen molar-refractivity contribution < 1.29 is 78.9 Å². The van der Waals surface area contributed by atoms with Gasteiger partial charge in [-0.2, -0.15) is 0 Å². The number of carboxylic acids is 2. The number of hydrogen-bond donors (Lipinski definition) is 0. The van der Waals surface area contributed by atoms with Crippen LogP contribution in [0.3, 0.4) is 0 Å². The summed E-state index contributed by atoms with van der Waals surface area (Å²) in [5.41, 5.74) is 0. The first-order valence-electron chi connectivity index (χ1n) is 12.6. The molecule has 0 atom stereocenters. The molecule has 0 aromatic carbocycles. The molecule has 0 aliphatic carbocycles. The first-order chi connectivity index (χ1) is 14.2. The summed E-state index contributed by atoms with van der Waals surface area (Å²) in [6, 6.07) is 0. The van der Waals surface area contributed by atoms with E-state index < -0.39 is 18.4 Å². The van der Waals surface area contributed by atoms with E-state index in [0.717, 1.165) is 0 Å². The molecular formula is C25H47LiNa2O4. The van der Waals surface area contributed by atoms with Crippen molar-refractivity contribution in [2.24, 2.45) is 0 Å². The molecule has 0 saturated carbocycles. The molecule has 4 nitrogen and oxygen atoms in total. The van der Waals surface area contributed by atoms with Gasteiger partial charge in [0.05, 0.1) is 0 Å². The molecule has 0 aromatic heterocycles. The summed E-state index contributed by atoms with van der Waals surface area (Å²) in [7, 11) is 0. The second-order valence-corrected chi connectivity index (χ2v) is 9.53. The van der Waals surface area contributed by atoms with E-state index in [2.05, 4.69) is 38.5 Å². The molecule has 0 bridgehead atoms. The third-order valence-corrected chi connectivity index (χ3v) is 5.70. The molecule has 0 rings (SSSR count). The van der Waals surface area contributed by atoms with Crippen molar-refractivity contribution in [2.75, 3.05) is 0 Å². The molecule has 174 valence electrons. The van der Waals surface area contributed by atoms with Crippen molar-refractivity contribution in [3.05, 3.63) is 0 Å². The maximum atomic E-state index is 9.28. The van der Waals surface area contributed by atoms with E-state index in [1.54, 1.807) is 0 Å². The van der Waals surface area contributed by atoms with E-state index in [4.69, 9.17) is 0 Å². The van der Waals surface area contributed by atoms with Crippen molar-refractivity contribution in [1.29, 1.82) is 0 Å². The minimum Gasteiger partial charge on any atom is 1.00 e. The average molecular weight is 465 g/mol. The Balaban J connectivity index is -0.000000376. The number of rotatable bonds is 20. The SMILES string of the molecule is O=C([O-])CC(=O)[O-].[Li][C](C)(CCCCCCCCCC)CCCCCCCCCC.[Na+].[Na+]. The minimum atomic E-state index is -1.63. The largest absolute Gasteiger partial charge is 1.00 e. The predicted octanol–water partition coefficient (Wildman–Crippen LogP) is -0.721. The van der Waals surface area contributed by atoms with Crippen molar-refractivity contribution in [2.45, 2.75) is 147 Å². The van der Waals surface area contributed by atoms with Gasteiger partial charge in [-0.15, -0.1) is 0 Å². The Morgan fingerprint density at radius 1 is 0.594 bits per heavy atom. The number of carbonyl (C=O) groups is 2. The fourth-order valence-corrected chi connectivity index (χ4v) is 3.72. The van der Waals surface area contributed by atoms with Crippen LogP contribution in [0.15, 0.2) is 0 Å². The first-order valence-corrected chi connectivity index (χ1v) is 12.6. The second kappa shape index (κ2) is 30.6. The molecule has 0 aliphatic rings. The Kier molecular flexibility index (Phi) is 38.9. The van der Waals surface area contributed by atoms with Gasteiger partial charge in [0, 0.05) is 18.4 Å². The quantitative estimate of drug-likeness (QED) is 0.135. The van der Waals surface area contributed by atoms with Crippen LogP contribution < -0.4 is 69.3 Å². The molecular weight excluding hydrogens is 417 g/mol. The molecule has 0 saturated heterocycles. The van der Waals surface area contributed by atoms with E-state index in [-0.39, 0.29) is 59.1 Å². The monoisotopic (exact) mass is 464 g/mol. The minimum absolute atomic E-state index is 0. The number of hydrogen-bond acceptors (Lipinski definition) is 4. The van der Waals surface area contributed by atoms with Gasteiger partial charge in [-0.25, -0.2) is 0 Å². The van der Waals surface area contributed by atoms with Gasteiger partial charge in [-0.3, -0.25) is 0 Å². The average Bonchev–Trinajstić information content (AvgIpc) is 2.65. The zero-order valence-electron chi connectivity index (χ0n) is 22.6. The molecule has 0 N–H and O–H groups in total. The molecule has 0 heterocycles. The molecule has 7 heteroatoms. The van der Waals surface area contributed by atoms with Gasteiger partial charge in [0.1, 0.15) is 0 Å². The second-order valence-electron chi connectivity index (χ2n) is 9.53. The van der Waals surface area contributed by atoms with Gasteiger partial charge >= 0.3 is 217 Å². The van der Waals surface area contributed by atoms with Crippen LogP contribution in [0.4, 0.5) is 0 Å². The predicted molar refractivity (Wildman–Crippen MR) is 123 cm³/mol. The van der Waals surface area contributed by atoms with Gasteiger partial charge < -0.3 is 19.8 Å². The fourth-order valence-electron chi connectivity index (χ4n) is 3.72. The van der Waals surface area contributed by atoms with Crippen LogP contribution in [0.5, 0.6) is 0 Å². The Bertz CT molecular complexity index is 373. The first kappa shape index (κ1) is 40.7. The van der Waals surface area contributed by atoms with E-state index in [1.165, 1.54) is 116 Å². The Morgan fingerprint density at radius 2 is 0.844 bits per heavy atom. The standard InChI is InChI=1S/C22H45.C3H4O4.Li.2Na/c1-4-6-8-10-12-14-16-18-20-22(3)21-19-17-15-13-11-9-7-5-2;4-2(5)1-3(6)7;;;/h4-21H2,1-3H3;1H2,(H,4,5)(H,6,7);;;/q;;;2*+1/p-2. The van der Waals surface area contributed by atoms with Crippen LogP contribution in [-0.2, 0) is 9.59 Å². The fraction of sp³-hybridized carbons (Fsp3) is 0.920. The summed E-state index contributed by atoms with van der Waals surface area (Å²) in [5, 5.41) is 18.6. The molecule has 0 aromatic rings. The van der Waals surface area contributed by atoms with Crippen LogP contribution in [0.1, 0.15) is 143 Å². The Hall–Kier alpha value is 1.54. The number of aliphatic carboxylic acids is 2. The van der Waals surface area contributed by atoms with Crippen LogP contribution in [0.2, 0.25) is 4.09 Å². The summed E-state index contributed by atoms with van der Waals surface area (Å²) in [5.74, 6) is -3.25. The third kappa shape index (κ3) is 38.8. The van der Waals surface area contributed by atoms with E-state index in [9.17, 15) is 19.8 Å². The van der Waals surface area contributed by atoms with Crippen LogP contribution in [-0.4, -0.2) is 29.7 Å². The molecule has 0 amide bonds. The van der Waals surface area contributed by atoms with Crippen molar-refractivity contribution in [1.82, 2.24) is 0 Å². The number of unbranched alkanes of at least 4 members (excludes halogenated alkanes) is 14.